The van der Waals surface area contributed by atoms with Crippen molar-refractivity contribution < 1.29 is 4.79 Å². The van der Waals surface area contributed by atoms with E-state index in [1.165, 1.54) is 0 Å². The molecule has 0 saturated carbocycles. The summed E-state index contributed by atoms with van der Waals surface area (Å²) in [6.07, 6.45) is 3.31. The second-order valence-corrected chi connectivity index (χ2v) is 5.65. The molecule has 0 aromatic heterocycles. The largest absolute Gasteiger partial charge is 0.398 e. The number of benzene rings is 1. The molecule has 3 N–H and O–H groups in total. The van der Waals surface area contributed by atoms with Crippen LogP contribution in [0.2, 0.25) is 0 Å². The summed E-state index contributed by atoms with van der Waals surface area (Å²) in [4.78, 5) is 14.5. The molecule has 1 rings (SSSR count). The fourth-order valence-electron chi connectivity index (χ4n) is 2.24. The Kier molecular flexibility index (Phi) is 7.23. The van der Waals surface area contributed by atoms with Crippen LogP contribution in [0.1, 0.15) is 45.6 Å². The third-order valence-corrected chi connectivity index (χ3v) is 4.01. The van der Waals surface area contributed by atoms with Crippen LogP contribution in [0.3, 0.4) is 0 Å². The highest BCUT2D eigenvalue weighted by atomic mass is 16.2. The number of unbranched alkanes of at least 4 members (excludes halogenated alkanes) is 1. The molecule has 0 radical (unpaired) electrons. The highest BCUT2D eigenvalue weighted by Gasteiger charge is 2.16. The fraction of sp³-hybridized carbons (Fsp3) is 0.588. The molecule has 0 fully saturated rings. The van der Waals surface area contributed by atoms with Crippen molar-refractivity contribution in [3.05, 3.63) is 23.8 Å². The van der Waals surface area contributed by atoms with E-state index in [4.69, 9.17) is 5.73 Å². The summed E-state index contributed by atoms with van der Waals surface area (Å²) in [7, 11) is 0. The minimum absolute atomic E-state index is 0.0279. The lowest BCUT2D eigenvalue weighted by molar-refractivity contribution is -0.117. The van der Waals surface area contributed by atoms with Gasteiger partial charge >= 0.3 is 0 Å². The van der Waals surface area contributed by atoms with Crippen LogP contribution in [-0.4, -0.2) is 29.9 Å². The molecule has 0 aliphatic carbocycles. The minimum Gasteiger partial charge on any atom is -0.398 e. The van der Waals surface area contributed by atoms with Crippen LogP contribution >= 0.6 is 0 Å². The molecule has 0 aliphatic rings. The van der Waals surface area contributed by atoms with E-state index in [1.807, 2.05) is 25.1 Å². The summed E-state index contributed by atoms with van der Waals surface area (Å²) in [5.41, 5.74) is 8.31. The Labute approximate surface area is 128 Å². The van der Waals surface area contributed by atoms with Gasteiger partial charge in [0.1, 0.15) is 0 Å². The molecular weight excluding hydrogens is 262 g/mol. The van der Waals surface area contributed by atoms with Crippen molar-refractivity contribution in [2.75, 3.05) is 24.1 Å². The van der Waals surface area contributed by atoms with Crippen molar-refractivity contribution in [2.24, 2.45) is 0 Å². The first-order chi connectivity index (χ1) is 9.99. The van der Waals surface area contributed by atoms with Gasteiger partial charge in [-0.1, -0.05) is 26.3 Å². The van der Waals surface area contributed by atoms with Crippen molar-refractivity contribution in [1.82, 2.24) is 4.90 Å². The van der Waals surface area contributed by atoms with Gasteiger partial charge in [0, 0.05) is 17.4 Å². The first-order valence-electron chi connectivity index (χ1n) is 7.88. The Morgan fingerprint density at radius 3 is 2.71 bits per heavy atom. The Hall–Kier alpha value is -1.55. The quantitative estimate of drug-likeness (QED) is 0.722. The van der Waals surface area contributed by atoms with Gasteiger partial charge in [-0.3, -0.25) is 9.69 Å². The molecule has 4 nitrogen and oxygen atoms in total. The third-order valence-electron chi connectivity index (χ3n) is 4.01. The summed E-state index contributed by atoms with van der Waals surface area (Å²) in [6, 6.07) is 6.02. The number of carbonyl (C=O) groups is 1. The smallest absolute Gasteiger partial charge is 0.238 e. The molecule has 1 aromatic carbocycles. The summed E-state index contributed by atoms with van der Waals surface area (Å²) in [5, 5.41) is 2.98. The Morgan fingerprint density at radius 1 is 1.38 bits per heavy atom. The van der Waals surface area contributed by atoms with E-state index >= 15 is 0 Å². The monoisotopic (exact) mass is 291 g/mol. The average Bonchev–Trinajstić information content (AvgIpc) is 2.47. The molecule has 1 atom stereocenters. The summed E-state index contributed by atoms with van der Waals surface area (Å²) >= 11 is 0. The molecule has 4 heteroatoms. The van der Waals surface area contributed by atoms with Gasteiger partial charge in [0.25, 0.3) is 0 Å². The zero-order valence-electron chi connectivity index (χ0n) is 13.8. The molecule has 0 bridgehead atoms. The summed E-state index contributed by atoms with van der Waals surface area (Å²) in [5.74, 6) is 0.0279. The number of nitrogen functional groups attached to an aromatic ring is 1. The van der Waals surface area contributed by atoms with Gasteiger partial charge in [-0.25, -0.2) is 0 Å². The van der Waals surface area contributed by atoms with Crippen LogP contribution in [0.4, 0.5) is 11.4 Å². The SMILES string of the molecule is CCCCN(CC(=O)Nc1cccc(N)c1C)C(C)CC. The first-order valence-corrected chi connectivity index (χ1v) is 7.88. The molecule has 1 unspecified atom stereocenters. The van der Waals surface area contributed by atoms with Crippen molar-refractivity contribution in [1.29, 1.82) is 0 Å². The number of hydrogen-bond acceptors (Lipinski definition) is 3. The van der Waals surface area contributed by atoms with Crippen LogP contribution in [-0.2, 0) is 4.79 Å². The molecule has 1 amide bonds. The fourth-order valence-corrected chi connectivity index (χ4v) is 2.24. The molecule has 0 saturated heterocycles. The highest BCUT2D eigenvalue weighted by molar-refractivity contribution is 5.93. The van der Waals surface area contributed by atoms with Gasteiger partial charge in [0.15, 0.2) is 0 Å². The average molecular weight is 291 g/mol. The molecule has 0 spiro atoms. The maximum atomic E-state index is 12.3. The number of nitrogens with one attached hydrogen (secondary N) is 1. The van der Waals surface area contributed by atoms with E-state index in [0.29, 0.717) is 18.3 Å². The Bertz CT molecular complexity index is 459. The zero-order chi connectivity index (χ0) is 15.8. The van der Waals surface area contributed by atoms with Gasteiger partial charge in [-0.15, -0.1) is 0 Å². The van der Waals surface area contributed by atoms with Crippen LogP contribution in [0.5, 0.6) is 0 Å². The van der Waals surface area contributed by atoms with E-state index < -0.39 is 0 Å². The van der Waals surface area contributed by atoms with Crippen LogP contribution in [0.15, 0.2) is 18.2 Å². The second kappa shape index (κ2) is 8.67. The van der Waals surface area contributed by atoms with Gasteiger partial charge < -0.3 is 11.1 Å². The van der Waals surface area contributed by atoms with E-state index in [9.17, 15) is 4.79 Å². The Morgan fingerprint density at radius 2 is 2.10 bits per heavy atom. The number of nitrogens with zero attached hydrogens (tertiary/aromatic N) is 1. The topological polar surface area (TPSA) is 58.4 Å². The van der Waals surface area contributed by atoms with Gasteiger partial charge in [-0.2, -0.15) is 0 Å². The molecule has 1 aromatic rings. The van der Waals surface area contributed by atoms with E-state index in [-0.39, 0.29) is 5.91 Å². The van der Waals surface area contributed by atoms with Crippen LogP contribution in [0, 0.1) is 6.92 Å². The third kappa shape index (κ3) is 5.38. The normalized spacial score (nSPS) is 12.4. The standard InChI is InChI=1S/C17H29N3O/c1-5-7-11-20(13(3)6-2)12-17(21)19-16-10-8-9-15(18)14(16)4/h8-10,13H,5-7,11-12,18H2,1-4H3,(H,19,21). The predicted molar refractivity (Wildman–Crippen MR) is 90.5 cm³/mol. The number of nitrogens with two attached hydrogens (primary N) is 1. The van der Waals surface area contributed by atoms with Crippen molar-refractivity contribution in [3.63, 3.8) is 0 Å². The molecule has 0 aliphatic heterocycles. The van der Waals surface area contributed by atoms with Gasteiger partial charge in [-0.05, 0) is 50.9 Å². The highest BCUT2D eigenvalue weighted by Crippen LogP contribution is 2.20. The maximum absolute atomic E-state index is 12.3. The van der Waals surface area contributed by atoms with Crippen LogP contribution in [0.25, 0.3) is 0 Å². The zero-order valence-corrected chi connectivity index (χ0v) is 13.8. The predicted octanol–water partition coefficient (Wildman–Crippen LogP) is 3.42. The first kappa shape index (κ1) is 17.5. The number of amides is 1. The lowest BCUT2D eigenvalue weighted by Gasteiger charge is -2.27. The lowest BCUT2D eigenvalue weighted by atomic mass is 10.1. The molecule has 118 valence electrons. The molecule has 21 heavy (non-hydrogen) atoms. The van der Waals surface area contributed by atoms with Crippen molar-refractivity contribution in [2.45, 2.75) is 53.0 Å². The number of rotatable bonds is 8. The summed E-state index contributed by atoms with van der Waals surface area (Å²) < 4.78 is 0. The Balaban J connectivity index is 2.66. The molecular formula is C17H29N3O. The van der Waals surface area contributed by atoms with Gasteiger partial charge in [0.05, 0.1) is 6.54 Å². The van der Waals surface area contributed by atoms with Crippen molar-refractivity contribution in [3.8, 4) is 0 Å². The van der Waals surface area contributed by atoms with Gasteiger partial charge in [0.2, 0.25) is 5.91 Å². The van der Waals surface area contributed by atoms with E-state index in [2.05, 4.69) is 31.0 Å². The second-order valence-electron chi connectivity index (χ2n) is 5.65. The lowest BCUT2D eigenvalue weighted by Crippen LogP contribution is -2.39. The number of carbonyl (C=O) groups excluding carboxylic acids is 1. The number of hydrogen-bond donors (Lipinski definition) is 2. The summed E-state index contributed by atoms with van der Waals surface area (Å²) in [6.45, 7) is 9.83. The van der Waals surface area contributed by atoms with E-state index in [0.717, 1.165) is 37.1 Å². The minimum atomic E-state index is 0.0279. The van der Waals surface area contributed by atoms with Crippen molar-refractivity contribution >= 4 is 17.3 Å². The van der Waals surface area contributed by atoms with Crippen LogP contribution < -0.4 is 11.1 Å². The molecule has 0 heterocycles. The van der Waals surface area contributed by atoms with E-state index in [1.54, 1.807) is 0 Å². The maximum Gasteiger partial charge on any atom is 0.238 e. The number of anilines is 2.